The molecular weight excluding hydrogens is 260 g/mol. The van der Waals surface area contributed by atoms with Crippen molar-refractivity contribution in [3.8, 4) is 0 Å². The number of amides is 1. The third-order valence-electron chi connectivity index (χ3n) is 4.25. The van der Waals surface area contributed by atoms with Crippen LogP contribution in [0.4, 0.5) is 0 Å². The van der Waals surface area contributed by atoms with E-state index >= 15 is 0 Å². The molecular formula is C18H16N2O. The number of hydrogen-bond donors (Lipinski definition) is 2. The monoisotopic (exact) mass is 276 g/mol. The van der Waals surface area contributed by atoms with Gasteiger partial charge in [0.1, 0.15) is 5.69 Å². The van der Waals surface area contributed by atoms with Gasteiger partial charge in [-0.3, -0.25) is 4.79 Å². The summed E-state index contributed by atoms with van der Waals surface area (Å²) in [6.07, 6.45) is 3.76. The molecule has 1 heterocycles. The molecule has 3 aromatic rings. The lowest BCUT2D eigenvalue weighted by Crippen LogP contribution is -2.35. The van der Waals surface area contributed by atoms with Crippen LogP contribution in [0.5, 0.6) is 0 Å². The van der Waals surface area contributed by atoms with Gasteiger partial charge in [-0.1, -0.05) is 42.5 Å². The molecule has 1 saturated carbocycles. The fourth-order valence-corrected chi connectivity index (χ4v) is 2.99. The van der Waals surface area contributed by atoms with Gasteiger partial charge in [-0.25, -0.2) is 0 Å². The van der Waals surface area contributed by atoms with Gasteiger partial charge in [-0.15, -0.1) is 0 Å². The van der Waals surface area contributed by atoms with Crippen LogP contribution >= 0.6 is 0 Å². The minimum Gasteiger partial charge on any atom is -0.357 e. The quantitative estimate of drug-likeness (QED) is 0.754. The van der Waals surface area contributed by atoms with Gasteiger partial charge >= 0.3 is 0 Å². The maximum Gasteiger partial charge on any atom is 0.268 e. The number of aromatic amines is 1. The van der Waals surface area contributed by atoms with Crippen LogP contribution in [0, 0.1) is 0 Å². The summed E-state index contributed by atoms with van der Waals surface area (Å²) < 4.78 is 0. The molecule has 1 fully saturated rings. The van der Waals surface area contributed by atoms with Crippen molar-refractivity contribution in [1.29, 1.82) is 0 Å². The van der Waals surface area contributed by atoms with E-state index in [1.807, 2.05) is 12.1 Å². The normalized spacial score (nSPS) is 15.8. The first kappa shape index (κ1) is 12.2. The number of benzene rings is 2. The number of carbonyl (C=O) groups excluding carboxylic acids is 1. The largest absolute Gasteiger partial charge is 0.357 e. The second-order valence-corrected chi connectivity index (χ2v) is 5.65. The zero-order chi connectivity index (χ0) is 14.3. The zero-order valence-electron chi connectivity index (χ0n) is 11.6. The molecule has 0 unspecified atom stereocenters. The molecule has 1 aliphatic rings. The minimum absolute atomic E-state index is 0.0366. The fraction of sp³-hybridized carbons (Fsp3) is 0.167. The van der Waals surface area contributed by atoms with Crippen molar-refractivity contribution >= 4 is 16.7 Å². The molecule has 3 nitrogen and oxygen atoms in total. The second kappa shape index (κ2) is 4.48. The smallest absolute Gasteiger partial charge is 0.268 e. The van der Waals surface area contributed by atoms with Crippen molar-refractivity contribution < 1.29 is 4.79 Å². The van der Waals surface area contributed by atoms with Crippen LogP contribution in [0.1, 0.15) is 28.9 Å². The van der Waals surface area contributed by atoms with Gasteiger partial charge in [-0.05, 0) is 41.3 Å². The molecule has 0 saturated heterocycles. The van der Waals surface area contributed by atoms with E-state index in [-0.39, 0.29) is 11.4 Å². The van der Waals surface area contributed by atoms with Crippen LogP contribution in [0.3, 0.4) is 0 Å². The molecule has 0 radical (unpaired) electrons. The predicted octanol–water partition coefficient (Wildman–Crippen LogP) is 3.59. The number of H-pyrrole nitrogens is 1. The Morgan fingerprint density at radius 3 is 2.57 bits per heavy atom. The van der Waals surface area contributed by atoms with Crippen molar-refractivity contribution in [2.24, 2.45) is 0 Å². The Morgan fingerprint density at radius 2 is 1.81 bits per heavy atom. The molecule has 1 aromatic heterocycles. The summed E-state index contributed by atoms with van der Waals surface area (Å²) in [7, 11) is 0. The Balaban J connectivity index is 1.73. The molecule has 0 atom stereocenters. The van der Waals surface area contributed by atoms with Crippen LogP contribution in [-0.4, -0.2) is 10.9 Å². The van der Waals surface area contributed by atoms with E-state index in [1.165, 1.54) is 16.3 Å². The van der Waals surface area contributed by atoms with Gasteiger partial charge in [0, 0.05) is 6.20 Å². The summed E-state index contributed by atoms with van der Waals surface area (Å²) in [5.41, 5.74) is 1.63. The van der Waals surface area contributed by atoms with Crippen LogP contribution in [0.25, 0.3) is 10.8 Å². The lowest BCUT2D eigenvalue weighted by Gasteiger charge is -2.19. The molecule has 2 aromatic carbocycles. The predicted molar refractivity (Wildman–Crippen MR) is 83.1 cm³/mol. The summed E-state index contributed by atoms with van der Waals surface area (Å²) in [5.74, 6) is -0.0366. The Kier molecular flexibility index (Phi) is 2.61. The number of aromatic nitrogens is 1. The highest BCUT2D eigenvalue weighted by Crippen LogP contribution is 2.48. The maximum absolute atomic E-state index is 12.3. The Labute approximate surface area is 123 Å². The van der Waals surface area contributed by atoms with Gasteiger partial charge in [0.25, 0.3) is 5.91 Å². The molecule has 1 amide bonds. The minimum atomic E-state index is -0.205. The van der Waals surface area contributed by atoms with E-state index in [2.05, 4.69) is 46.7 Å². The number of hydrogen-bond acceptors (Lipinski definition) is 1. The average molecular weight is 276 g/mol. The van der Waals surface area contributed by atoms with Gasteiger partial charge in [0.2, 0.25) is 0 Å². The first-order valence-corrected chi connectivity index (χ1v) is 7.23. The Bertz CT molecular complexity index is 796. The van der Waals surface area contributed by atoms with Crippen molar-refractivity contribution in [3.63, 3.8) is 0 Å². The van der Waals surface area contributed by atoms with E-state index in [0.29, 0.717) is 5.69 Å². The molecule has 0 spiro atoms. The third-order valence-corrected chi connectivity index (χ3v) is 4.25. The van der Waals surface area contributed by atoms with E-state index in [0.717, 1.165) is 12.8 Å². The highest BCUT2D eigenvalue weighted by Gasteiger charge is 2.46. The topological polar surface area (TPSA) is 44.9 Å². The average Bonchev–Trinajstić information content (AvgIpc) is 3.08. The Hall–Kier alpha value is -2.55. The number of nitrogens with one attached hydrogen (secondary N) is 2. The summed E-state index contributed by atoms with van der Waals surface area (Å²) in [6, 6.07) is 18.3. The van der Waals surface area contributed by atoms with Crippen molar-refractivity contribution in [1.82, 2.24) is 10.3 Å². The fourth-order valence-electron chi connectivity index (χ4n) is 2.99. The number of carbonyl (C=O) groups is 1. The molecule has 0 bridgehead atoms. The van der Waals surface area contributed by atoms with Crippen LogP contribution in [0.15, 0.2) is 60.8 Å². The highest BCUT2D eigenvalue weighted by atomic mass is 16.2. The second-order valence-electron chi connectivity index (χ2n) is 5.65. The number of rotatable bonds is 3. The SMILES string of the molecule is O=C(NC1(c2cccc3ccccc23)CC1)c1ccc[nH]1. The first-order chi connectivity index (χ1) is 10.3. The highest BCUT2D eigenvalue weighted by molar-refractivity contribution is 5.94. The third kappa shape index (κ3) is 2.02. The molecule has 21 heavy (non-hydrogen) atoms. The van der Waals surface area contributed by atoms with Crippen LogP contribution < -0.4 is 5.32 Å². The summed E-state index contributed by atoms with van der Waals surface area (Å²) in [5, 5.41) is 5.65. The molecule has 3 heteroatoms. The van der Waals surface area contributed by atoms with Crippen LogP contribution in [0.2, 0.25) is 0 Å². The summed E-state index contributed by atoms with van der Waals surface area (Å²) in [6.45, 7) is 0. The van der Waals surface area contributed by atoms with Gasteiger partial charge in [0.05, 0.1) is 5.54 Å². The lowest BCUT2D eigenvalue weighted by molar-refractivity contribution is 0.0926. The molecule has 2 N–H and O–H groups in total. The zero-order valence-corrected chi connectivity index (χ0v) is 11.6. The number of fused-ring (bicyclic) bond motifs is 1. The molecule has 104 valence electrons. The maximum atomic E-state index is 12.3. The Morgan fingerprint density at radius 1 is 1.00 bits per heavy atom. The van der Waals surface area contributed by atoms with Gasteiger partial charge in [0.15, 0.2) is 0 Å². The van der Waals surface area contributed by atoms with E-state index in [1.54, 1.807) is 12.3 Å². The van der Waals surface area contributed by atoms with Gasteiger partial charge in [-0.2, -0.15) is 0 Å². The van der Waals surface area contributed by atoms with E-state index in [4.69, 9.17) is 0 Å². The van der Waals surface area contributed by atoms with Crippen molar-refractivity contribution in [2.45, 2.75) is 18.4 Å². The summed E-state index contributed by atoms with van der Waals surface area (Å²) in [4.78, 5) is 15.3. The molecule has 1 aliphatic carbocycles. The van der Waals surface area contributed by atoms with Gasteiger partial charge < -0.3 is 10.3 Å². The first-order valence-electron chi connectivity index (χ1n) is 7.23. The standard InChI is InChI=1S/C18H16N2O/c21-17(16-9-4-12-19-16)20-18(10-11-18)15-8-3-6-13-5-1-2-7-14(13)15/h1-9,12,19H,10-11H2,(H,20,21). The molecule has 0 aliphatic heterocycles. The van der Waals surface area contributed by atoms with E-state index < -0.39 is 0 Å². The van der Waals surface area contributed by atoms with Crippen molar-refractivity contribution in [2.75, 3.05) is 0 Å². The van der Waals surface area contributed by atoms with Crippen molar-refractivity contribution in [3.05, 3.63) is 72.1 Å². The summed E-state index contributed by atoms with van der Waals surface area (Å²) >= 11 is 0. The van der Waals surface area contributed by atoms with E-state index in [9.17, 15) is 4.79 Å². The lowest BCUT2D eigenvalue weighted by atomic mass is 9.97. The molecule has 4 rings (SSSR count). The van der Waals surface area contributed by atoms with Crippen LogP contribution in [-0.2, 0) is 5.54 Å².